The highest BCUT2D eigenvalue weighted by Crippen LogP contribution is 2.44. The molecule has 1 nitrogen and oxygen atoms in total. The van der Waals surface area contributed by atoms with Crippen LogP contribution in [-0.2, 0) is 5.41 Å². The fourth-order valence-corrected chi connectivity index (χ4v) is 3.63. The first-order valence-electron chi connectivity index (χ1n) is 8.56. The molecule has 0 radical (unpaired) electrons. The Bertz CT molecular complexity index is 1020. The number of fused-ring (bicyclic) bond motifs is 2. The van der Waals surface area contributed by atoms with Crippen molar-refractivity contribution in [2.24, 2.45) is 4.99 Å². The van der Waals surface area contributed by atoms with Crippen LogP contribution < -0.4 is 0 Å². The maximum Gasteiger partial charge on any atom is 0.102 e. The van der Waals surface area contributed by atoms with Crippen LogP contribution in [0.4, 0.5) is 10.1 Å². The third kappa shape index (κ3) is 2.78. The number of rotatable bonds is 3. The summed E-state index contributed by atoms with van der Waals surface area (Å²) < 4.78 is 14.9. The van der Waals surface area contributed by atoms with Gasteiger partial charge in [-0.3, -0.25) is 4.99 Å². The Morgan fingerprint density at radius 2 is 1.72 bits per heavy atom. The third-order valence-electron chi connectivity index (χ3n) is 5.20. The molecular formula is C23H20FN. The highest BCUT2D eigenvalue weighted by atomic mass is 19.1. The SMILES string of the molecule is CC1=Nc2ccccc2[C@]1(C)C/C(F)=C/c1ccc2ccccc2c1. The van der Waals surface area contributed by atoms with E-state index in [4.69, 9.17) is 0 Å². The number of nitrogens with zero attached hydrogens (tertiary/aromatic N) is 1. The maximum atomic E-state index is 14.9. The van der Waals surface area contributed by atoms with Crippen molar-refractivity contribution in [2.45, 2.75) is 25.7 Å². The van der Waals surface area contributed by atoms with E-state index in [1.54, 1.807) is 6.08 Å². The molecule has 0 fully saturated rings. The van der Waals surface area contributed by atoms with Gasteiger partial charge >= 0.3 is 0 Å². The van der Waals surface area contributed by atoms with Crippen molar-refractivity contribution in [2.75, 3.05) is 0 Å². The predicted octanol–water partition coefficient (Wildman–Crippen LogP) is 6.60. The topological polar surface area (TPSA) is 12.4 Å². The molecule has 0 N–H and O–H groups in total. The van der Waals surface area contributed by atoms with Crippen LogP contribution in [0.1, 0.15) is 31.4 Å². The number of aliphatic imine (C=N–C) groups is 1. The summed E-state index contributed by atoms with van der Waals surface area (Å²) in [5.74, 6) is -0.121. The Kier molecular flexibility index (Phi) is 3.76. The van der Waals surface area contributed by atoms with E-state index in [1.807, 2.05) is 55.5 Å². The lowest BCUT2D eigenvalue weighted by Gasteiger charge is -2.25. The Hall–Kier alpha value is -2.74. The minimum absolute atomic E-state index is 0.121. The maximum absolute atomic E-state index is 14.9. The molecule has 0 saturated heterocycles. The largest absolute Gasteiger partial charge is 0.257 e. The average Bonchev–Trinajstić information content (AvgIpc) is 2.85. The van der Waals surface area contributed by atoms with Gasteiger partial charge in [-0.2, -0.15) is 0 Å². The fraction of sp³-hybridized carbons (Fsp3) is 0.174. The van der Waals surface area contributed by atoms with Crippen LogP contribution in [0.15, 0.2) is 77.5 Å². The number of hydrogen-bond acceptors (Lipinski definition) is 1. The zero-order valence-electron chi connectivity index (χ0n) is 14.5. The summed E-state index contributed by atoms with van der Waals surface area (Å²) >= 11 is 0. The van der Waals surface area contributed by atoms with E-state index in [2.05, 4.69) is 30.1 Å². The highest BCUT2D eigenvalue weighted by molar-refractivity contribution is 6.00. The summed E-state index contributed by atoms with van der Waals surface area (Å²) in [4.78, 5) is 4.63. The van der Waals surface area contributed by atoms with Crippen molar-refractivity contribution in [1.29, 1.82) is 0 Å². The summed E-state index contributed by atoms with van der Waals surface area (Å²) in [5, 5.41) is 2.29. The van der Waals surface area contributed by atoms with Crippen molar-refractivity contribution < 1.29 is 4.39 Å². The second-order valence-corrected chi connectivity index (χ2v) is 6.92. The van der Waals surface area contributed by atoms with E-state index >= 15 is 0 Å². The van der Waals surface area contributed by atoms with E-state index < -0.39 is 0 Å². The van der Waals surface area contributed by atoms with Gasteiger partial charge in [-0.25, -0.2) is 4.39 Å². The summed E-state index contributed by atoms with van der Waals surface area (Å²) in [6.45, 7) is 4.06. The van der Waals surface area contributed by atoms with Crippen molar-refractivity contribution in [3.8, 4) is 0 Å². The number of allylic oxidation sites excluding steroid dienone is 1. The molecule has 0 aromatic heterocycles. The molecule has 25 heavy (non-hydrogen) atoms. The van der Waals surface area contributed by atoms with E-state index in [9.17, 15) is 4.39 Å². The van der Waals surface area contributed by atoms with E-state index in [-0.39, 0.29) is 11.2 Å². The fourth-order valence-electron chi connectivity index (χ4n) is 3.63. The standard InChI is InChI=1S/C23H20FN/c1-16-23(2,21-9-5-6-10-22(21)25-16)15-20(24)14-17-11-12-18-7-3-4-8-19(18)13-17/h3-14H,15H2,1-2H3/b20-14-/t23-/m1/s1. The first-order valence-corrected chi connectivity index (χ1v) is 8.56. The van der Waals surface area contributed by atoms with Gasteiger partial charge in [-0.15, -0.1) is 0 Å². The molecule has 1 aliphatic rings. The molecule has 1 aliphatic heterocycles. The first kappa shape index (κ1) is 15.8. The van der Waals surface area contributed by atoms with E-state index in [0.29, 0.717) is 6.42 Å². The molecule has 0 bridgehead atoms. The molecule has 0 saturated carbocycles. The molecule has 0 aliphatic carbocycles. The predicted molar refractivity (Wildman–Crippen MR) is 104 cm³/mol. The van der Waals surface area contributed by atoms with Gasteiger partial charge in [0.05, 0.1) is 5.69 Å². The summed E-state index contributed by atoms with van der Waals surface area (Å²) in [6.07, 6.45) is 1.97. The second kappa shape index (κ2) is 5.96. The number of hydrogen-bond donors (Lipinski definition) is 0. The monoisotopic (exact) mass is 329 g/mol. The van der Waals surface area contributed by atoms with Crippen molar-refractivity contribution >= 4 is 28.2 Å². The smallest absolute Gasteiger partial charge is 0.102 e. The van der Waals surface area contributed by atoms with Gasteiger partial charge in [-0.05, 0) is 54.0 Å². The second-order valence-electron chi connectivity index (χ2n) is 6.92. The normalized spacial score (nSPS) is 19.8. The molecule has 0 unspecified atom stereocenters. The highest BCUT2D eigenvalue weighted by Gasteiger charge is 2.37. The summed E-state index contributed by atoms with van der Waals surface area (Å²) in [5.41, 5.74) is 3.54. The number of benzene rings is 3. The Morgan fingerprint density at radius 3 is 2.56 bits per heavy atom. The van der Waals surface area contributed by atoms with Gasteiger partial charge in [-0.1, -0.05) is 54.6 Å². The van der Waals surface area contributed by atoms with Crippen LogP contribution in [0.3, 0.4) is 0 Å². The molecule has 3 aromatic rings. The molecule has 3 aromatic carbocycles. The van der Waals surface area contributed by atoms with Crippen LogP contribution >= 0.6 is 0 Å². The average molecular weight is 329 g/mol. The lowest BCUT2D eigenvalue weighted by Crippen LogP contribution is -2.27. The van der Waals surface area contributed by atoms with Crippen LogP contribution in [0, 0.1) is 0 Å². The molecule has 1 heterocycles. The third-order valence-corrected chi connectivity index (χ3v) is 5.20. The number of para-hydroxylation sites is 1. The van der Waals surface area contributed by atoms with E-state index in [1.165, 1.54) is 5.39 Å². The van der Waals surface area contributed by atoms with Crippen molar-refractivity contribution in [3.63, 3.8) is 0 Å². The van der Waals surface area contributed by atoms with Crippen LogP contribution in [-0.4, -0.2) is 5.71 Å². The van der Waals surface area contributed by atoms with Gasteiger partial charge < -0.3 is 0 Å². The Labute approximate surface area is 147 Å². The summed E-state index contributed by atoms with van der Waals surface area (Å²) in [6, 6.07) is 22.2. The molecule has 0 amide bonds. The lowest BCUT2D eigenvalue weighted by atomic mass is 9.76. The number of halogens is 1. The van der Waals surface area contributed by atoms with Crippen LogP contribution in [0.5, 0.6) is 0 Å². The van der Waals surface area contributed by atoms with E-state index in [0.717, 1.165) is 27.9 Å². The Balaban J connectivity index is 1.66. The molecule has 1 atom stereocenters. The lowest BCUT2D eigenvalue weighted by molar-refractivity contribution is 0.521. The minimum atomic E-state index is -0.381. The molecule has 124 valence electrons. The zero-order chi connectivity index (χ0) is 17.4. The zero-order valence-corrected chi connectivity index (χ0v) is 14.5. The molecule has 2 heteroatoms. The van der Waals surface area contributed by atoms with Gasteiger partial charge in [0, 0.05) is 17.5 Å². The minimum Gasteiger partial charge on any atom is -0.257 e. The van der Waals surface area contributed by atoms with Crippen molar-refractivity contribution in [1.82, 2.24) is 0 Å². The molecule has 4 rings (SSSR count). The van der Waals surface area contributed by atoms with Gasteiger partial charge in [0.2, 0.25) is 0 Å². The molecular weight excluding hydrogens is 309 g/mol. The van der Waals surface area contributed by atoms with Crippen LogP contribution in [0.25, 0.3) is 16.8 Å². The van der Waals surface area contributed by atoms with Crippen LogP contribution in [0.2, 0.25) is 0 Å². The Morgan fingerprint density at radius 1 is 1.00 bits per heavy atom. The first-order chi connectivity index (χ1) is 12.1. The van der Waals surface area contributed by atoms with Gasteiger partial charge in [0.25, 0.3) is 0 Å². The van der Waals surface area contributed by atoms with Gasteiger partial charge in [0.15, 0.2) is 0 Å². The summed E-state index contributed by atoms with van der Waals surface area (Å²) in [7, 11) is 0. The molecule has 0 spiro atoms. The van der Waals surface area contributed by atoms with Gasteiger partial charge in [0.1, 0.15) is 5.83 Å². The quantitative estimate of drug-likeness (QED) is 0.513. The van der Waals surface area contributed by atoms with Crippen molar-refractivity contribution in [3.05, 3.63) is 83.7 Å².